The normalized spacial score (nSPS) is 18.6. The molecule has 1 aromatic rings. The maximum atomic E-state index is 6.06. The van der Waals surface area contributed by atoms with Crippen molar-refractivity contribution in [2.75, 3.05) is 67.0 Å². The highest BCUT2D eigenvalue weighted by atomic mass is 16.5. The lowest BCUT2D eigenvalue weighted by atomic mass is 10.0. The van der Waals surface area contributed by atoms with Gasteiger partial charge in [0.2, 0.25) is 0 Å². The zero-order valence-electron chi connectivity index (χ0n) is 14.2. The smallest absolute Gasteiger partial charge is 0.119 e. The van der Waals surface area contributed by atoms with E-state index in [0.717, 1.165) is 38.5 Å². The molecule has 0 bridgehead atoms. The summed E-state index contributed by atoms with van der Waals surface area (Å²) in [7, 11) is 6.28. The molecule has 22 heavy (non-hydrogen) atoms. The Morgan fingerprint density at radius 3 is 2.59 bits per heavy atom. The quantitative estimate of drug-likeness (QED) is 0.810. The van der Waals surface area contributed by atoms with Gasteiger partial charge in [0.1, 0.15) is 12.4 Å². The molecule has 1 saturated heterocycles. The summed E-state index contributed by atoms with van der Waals surface area (Å²) in [5, 5.41) is 0. The van der Waals surface area contributed by atoms with Crippen LogP contribution in [-0.2, 0) is 0 Å². The number of rotatable bonds is 7. The van der Waals surface area contributed by atoms with Crippen molar-refractivity contribution in [3.63, 3.8) is 0 Å². The fourth-order valence-corrected chi connectivity index (χ4v) is 2.79. The van der Waals surface area contributed by atoms with E-state index in [9.17, 15) is 0 Å². The van der Waals surface area contributed by atoms with Crippen LogP contribution in [0.3, 0.4) is 0 Å². The molecule has 124 valence electrons. The third-order valence-electron chi connectivity index (χ3n) is 4.25. The Morgan fingerprint density at radius 2 is 1.95 bits per heavy atom. The number of ether oxygens (including phenoxy) is 1. The van der Waals surface area contributed by atoms with Crippen LogP contribution in [0.15, 0.2) is 24.3 Å². The maximum absolute atomic E-state index is 6.06. The first-order chi connectivity index (χ1) is 10.6. The van der Waals surface area contributed by atoms with Gasteiger partial charge >= 0.3 is 0 Å². The average molecular weight is 306 g/mol. The van der Waals surface area contributed by atoms with Gasteiger partial charge in [-0.2, -0.15) is 0 Å². The van der Waals surface area contributed by atoms with E-state index in [-0.39, 0.29) is 6.04 Å². The highest BCUT2D eigenvalue weighted by Crippen LogP contribution is 2.24. The van der Waals surface area contributed by atoms with E-state index < -0.39 is 0 Å². The van der Waals surface area contributed by atoms with Crippen LogP contribution in [-0.4, -0.2) is 81.7 Å². The van der Waals surface area contributed by atoms with Crippen LogP contribution in [0, 0.1) is 0 Å². The molecule has 1 aromatic carbocycles. The van der Waals surface area contributed by atoms with Crippen LogP contribution in [0.2, 0.25) is 0 Å². The SMILES string of the molecule is CN(C)CCOc1cccc(C(CN)N2CCN(C)CC2)c1. The lowest BCUT2D eigenvalue weighted by Gasteiger charge is -2.37. The Balaban J connectivity index is 1.99. The molecule has 0 aromatic heterocycles. The lowest BCUT2D eigenvalue weighted by molar-refractivity contribution is 0.114. The molecule has 1 aliphatic rings. The minimum absolute atomic E-state index is 0.283. The number of nitrogens with zero attached hydrogens (tertiary/aromatic N) is 3. The Hall–Kier alpha value is -1.14. The largest absolute Gasteiger partial charge is 0.492 e. The highest BCUT2D eigenvalue weighted by Gasteiger charge is 2.22. The summed E-state index contributed by atoms with van der Waals surface area (Å²) in [5.74, 6) is 0.937. The Labute approximate surface area is 134 Å². The molecular weight excluding hydrogens is 276 g/mol. The molecule has 2 N–H and O–H groups in total. The van der Waals surface area contributed by atoms with Gasteiger partial charge in [-0.15, -0.1) is 0 Å². The van der Waals surface area contributed by atoms with Crippen molar-refractivity contribution in [2.24, 2.45) is 5.73 Å². The van der Waals surface area contributed by atoms with E-state index in [1.807, 2.05) is 6.07 Å². The third kappa shape index (κ3) is 4.95. The molecule has 1 atom stereocenters. The second-order valence-electron chi connectivity index (χ2n) is 6.31. The monoisotopic (exact) mass is 306 g/mol. The topological polar surface area (TPSA) is 45.0 Å². The van der Waals surface area contributed by atoms with Crippen LogP contribution < -0.4 is 10.5 Å². The van der Waals surface area contributed by atoms with Crippen LogP contribution in [0.1, 0.15) is 11.6 Å². The molecule has 0 radical (unpaired) electrons. The van der Waals surface area contributed by atoms with Crippen molar-refractivity contribution in [3.8, 4) is 5.75 Å². The molecule has 5 nitrogen and oxygen atoms in total. The third-order valence-corrected chi connectivity index (χ3v) is 4.25. The van der Waals surface area contributed by atoms with Gasteiger partial charge < -0.3 is 20.3 Å². The van der Waals surface area contributed by atoms with Crippen molar-refractivity contribution in [1.29, 1.82) is 0 Å². The van der Waals surface area contributed by atoms with Gasteiger partial charge in [-0.3, -0.25) is 4.90 Å². The average Bonchev–Trinajstić information content (AvgIpc) is 2.50. The molecule has 1 heterocycles. The molecule has 2 rings (SSSR count). The molecule has 5 heteroatoms. The lowest BCUT2D eigenvalue weighted by Crippen LogP contribution is -2.47. The summed E-state index contributed by atoms with van der Waals surface area (Å²) in [6.07, 6.45) is 0. The molecule has 0 amide bonds. The van der Waals surface area contributed by atoms with E-state index in [1.54, 1.807) is 0 Å². The predicted octanol–water partition coefficient (Wildman–Crippen LogP) is 0.874. The standard InChI is InChI=1S/C17H30N4O/c1-19(2)11-12-22-16-6-4-5-15(13-16)17(14-18)21-9-7-20(3)8-10-21/h4-6,13,17H,7-12,14,18H2,1-3H3. The second-order valence-corrected chi connectivity index (χ2v) is 6.31. The maximum Gasteiger partial charge on any atom is 0.119 e. The second kappa shape index (κ2) is 8.48. The first kappa shape index (κ1) is 17.2. The van der Waals surface area contributed by atoms with Gasteiger partial charge in [-0.1, -0.05) is 12.1 Å². The summed E-state index contributed by atoms with van der Waals surface area (Å²) in [6, 6.07) is 8.68. The fraction of sp³-hybridized carbons (Fsp3) is 0.647. The first-order valence-electron chi connectivity index (χ1n) is 8.10. The molecular formula is C17H30N4O. The summed E-state index contributed by atoms with van der Waals surface area (Å²) in [5.41, 5.74) is 7.32. The highest BCUT2D eigenvalue weighted by molar-refractivity contribution is 5.31. The molecule has 0 saturated carbocycles. The Bertz CT molecular complexity index is 444. The molecule has 0 aliphatic carbocycles. The van der Waals surface area contributed by atoms with E-state index in [1.165, 1.54) is 5.56 Å². The Kier molecular flexibility index (Phi) is 6.64. The number of piperazine rings is 1. The minimum Gasteiger partial charge on any atom is -0.492 e. The van der Waals surface area contributed by atoms with Crippen molar-refractivity contribution in [3.05, 3.63) is 29.8 Å². The predicted molar refractivity (Wildman–Crippen MR) is 91.4 cm³/mol. The number of hydrogen-bond donors (Lipinski definition) is 1. The zero-order valence-corrected chi connectivity index (χ0v) is 14.2. The molecule has 1 unspecified atom stereocenters. The number of benzene rings is 1. The number of likely N-dealkylation sites (N-methyl/N-ethyl adjacent to an activating group) is 2. The summed E-state index contributed by atoms with van der Waals surface area (Å²) in [6.45, 7) is 6.63. The van der Waals surface area contributed by atoms with Gasteiger partial charge in [0, 0.05) is 45.3 Å². The number of nitrogens with two attached hydrogens (primary N) is 1. The van der Waals surface area contributed by atoms with Crippen LogP contribution in [0.4, 0.5) is 0 Å². The van der Waals surface area contributed by atoms with E-state index >= 15 is 0 Å². The van der Waals surface area contributed by atoms with E-state index in [4.69, 9.17) is 10.5 Å². The van der Waals surface area contributed by atoms with Gasteiger partial charge in [-0.25, -0.2) is 0 Å². The molecule has 0 spiro atoms. The van der Waals surface area contributed by atoms with Gasteiger partial charge in [-0.05, 0) is 38.8 Å². The van der Waals surface area contributed by atoms with Crippen molar-refractivity contribution in [1.82, 2.24) is 14.7 Å². The number of hydrogen-bond acceptors (Lipinski definition) is 5. The summed E-state index contributed by atoms with van der Waals surface area (Å²) in [4.78, 5) is 6.97. The van der Waals surface area contributed by atoms with Gasteiger partial charge in [0.15, 0.2) is 0 Å². The van der Waals surface area contributed by atoms with E-state index in [2.05, 4.69) is 54.0 Å². The molecule has 1 aliphatic heterocycles. The fourth-order valence-electron chi connectivity index (χ4n) is 2.79. The summed E-state index contributed by atoms with van der Waals surface area (Å²) >= 11 is 0. The van der Waals surface area contributed by atoms with Crippen LogP contribution in [0.25, 0.3) is 0 Å². The minimum atomic E-state index is 0.283. The van der Waals surface area contributed by atoms with Crippen LogP contribution in [0.5, 0.6) is 5.75 Å². The van der Waals surface area contributed by atoms with Crippen LogP contribution >= 0.6 is 0 Å². The van der Waals surface area contributed by atoms with Gasteiger partial charge in [0.25, 0.3) is 0 Å². The first-order valence-corrected chi connectivity index (χ1v) is 8.10. The van der Waals surface area contributed by atoms with Crippen molar-refractivity contribution >= 4 is 0 Å². The summed E-state index contributed by atoms with van der Waals surface area (Å²) < 4.78 is 5.85. The zero-order chi connectivity index (χ0) is 15.9. The van der Waals surface area contributed by atoms with Crippen molar-refractivity contribution < 1.29 is 4.74 Å². The van der Waals surface area contributed by atoms with E-state index in [0.29, 0.717) is 13.2 Å². The molecule has 1 fully saturated rings. The van der Waals surface area contributed by atoms with Gasteiger partial charge in [0.05, 0.1) is 0 Å². The van der Waals surface area contributed by atoms with Crippen molar-refractivity contribution in [2.45, 2.75) is 6.04 Å². The Morgan fingerprint density at radius 1 is 1.23 bits per heavy atom.